The summed E-state index contributed by atoms with van der Waals surface area (Å²) < 4.78 is 10.4. The molecule has 0 bridgehead atoms. The maximum Gasteiger partial charge on any atom is 0.360 e. The van der Waals surface area contributed by atoms with Crippen LogP contribution >= 0.6 is 7.26 Å². The summed E-state index contributed by atoms with van der Waals surface area (Å²) in [7, 11) is -0.747. The highest BCUT2D eigenvalue weighted by atomic mass is 79.9. The van der Waals surface area contributed by atoms with Gasteiger partial charge in [0.25, 0.3) is 0 Å². The first-order valence-electron chi connectivity index (χ1n) is 9.33. The summed E-state index contributed by atoms with van der Waals surface area (Å²) >= 11 is 0. The Kier molecular flexibility index (Phi) is 7.20. The van der Waals surface area contributed by atoms with Crippen LogP contribution in [0.4, 0.5) is 0 Å². The van der Waals surface area contributed by atoms with E-state index in [2.05, 4.69) is 78.0 Å². The van der Waals surface area contributed by atoms with Gasteiger partial charge in [-0.2, -0.15) is 0 Å². The first kappa shape index (κ1) is 21.9. The van der Waals surface area contributed by atoms with Crippen molar-refractivity contribution in [2.45, 2.75) is 6.16 Å². The van der Waals surface area contributed by atoms with Crippen LogP contribution in [0.1, 0.15) is 16.2 Å². The molecule has 0 aliphatic rings. The highest BCUT2D eigenvalue weighted by Gasteiger charge is 2.46. The Morgan fingerprint density at radius 3 is 1.67 bits per heavy atom. The molecule has 0 saturated heterocycles. The van der Waals surface area contributed by atoms with Crippen LogP contribution in [-0.4, -0.2) is 18.2 Å². The third-order valence-corrected chi connectivity index (χ3v) is 9.26. The Morgan fingerprint density at radius 2 is 1.27 bits per heavy atom. The number of carbonyl (C=O) groups is 1. The van der Waals surface area contributed by atoms with Gasteiger partial charge in [0.05, 0.1) is 7.11 Å². The third-order valence-electron chi connectivity index (χ3n) is 4.94. The van der Waals surface area contributed by atoms with Gasteiger partial charge in [0, 0.05) is 6.07 Å². The van der Waals surface area contributed by atoms with Crippen molar-refractivity contribution >= 4 is 29.1 Å². The van der Waals surface area contributed by atoms with Crippen LogP contribution in [0.5, 0.6) is 0 Å². The van der Waals surface area contributed by atoms with E-state index in [4.69, 9.17) is 9.26 Å². The molecule has 0 spiro atoms. The highest BCUT2D eigenvalue weighted by molar-refractivity contribution is 7.95. The molecule has 0 radical (unpaired) electrons. The second kappa shape index (κ2) is 9.84. The fourth-order valence-electron chi connectivity index (χ4n) is 3.59. The Morgan fingerprint density at radius 1 is 0.833 bits per heavy atom. The summed E-state index contributed by atoms with van der Waals surface area (Å²) in [6.45, 7) is 0. The Labute approximate surface area is 187 Å². The average molecular weight is 482 g/mol. The zero-order valence-electron chi connectivity index (χ0n) is 16.4. The fourth-order valence-corrected chi connectivity index (χ4v) is 7.69. The minimum atomic E-state index is -2.09. The minimum Gasteiger partial charge on any atom is -1.00 e. The van der Waals surface area contributed by atoms with E-state index >= 15 is 0 Å². The van der Waals surface area contributed by atoms with Gasteiger partial charge in [0.15, 0.2) is 11.5 Å². The Balaban J connectivity index is 0.00000256. The first-order chi connectivity index (χ1) is 14.2. The van der Waals surface area contributed by atoms with Gasteiger partial charge in [0.1, 0.15) is 29.3 Å². The van der Waals surface area contributed by atoms with Crippen molar-refractivity contribution in [1.82, 2.24) is 5.16 Å². The number of nitrogens with zero attached hydrogens (tertiary/aromatic N) is 1. The molecule has 0 fully saturated rings. The lowest BCUT2D eigenvalue weighted by Gasteiger charge is -2.26. The molecule has 1 aromatic heterocycles. The summed E-state index contributed by atoms with van der Waals surface area (Å²) in [6.07, 6.45) is 0.620. The summed E-state index contributed by atoms with van der Waals surface area (Å²) in [5.41, 5.74) is 0.190. The van der Waals surface area contributed by atoms with Gasteiger partial charge < -0.3 is 26.2 Å². The summed E-state index contributed by atoms with van der Waals surface area (Å²) in [5.74, 6) is 0.165. The van der Waals surface area contributed by atoms with E-state index in [1.54, 1.807) is 6.07 Å². The molecule has 0 unspecified atom stereocenters. The van der Waals surface area contributed by atoms with Gasteiger partial charge in [-0.15, -0.1) is 0 Å². The van der Waals surface area contributed by atoms with Crippen LogP contribution in [-0.2, 0) is 10.9 Å². The van der Waals surface area contributed by atoms with Crippen molar-refractivity contribution in [3.05, 3.63) is 109 Å². The number of hydrogen-bond donors (Lipinski definition) is 0. The topological polar surface area (TPSA) is 52.3 Å². The van der Waals surface area contributed by atoms with Crippen molar-refractivity contribution < 1.29 is 31.0 Å². The molecule has 152 valence electrons. The molecule has 1 heterocycles. The predicted octanol–water partition coefficient (Wildman–Crippen LogP) is 0.959. The number of benzene rings is 3. The van der Waals surface area contributed by atoms with Crippen molar-refractivity contribution in [1.29, 1.82) is 0 Å². The van der Waals surface area contributed by atoms with Crippen LogP contribution in [0, 0.1) is 0 Å². The minimum absolute atomic E-state index is 0. The number of hydrogen-bond acceptors (Lipinski definition) is 4. The van der Waals surface area contributed by atoms with E-state index in [9.17, 15) is 4.79 Å². The summed E-state index contributed by atoms with van der Waals surface area (Å²) in [6, 6.07) is 33.2. The zero-order valence-corrected chi connectivity index (χ0v) is 18.9. The maximum atomic E-state index is 11.9. The lowest BCUT2D eigenvalue weighted by molar-refractivity contribution is -0.0000212. The van der Waals surface area contributed by atoms with Crippen LogP contribution in [0.15, 0.2) is 102 Å². The quantitative estimate of drug-likeness (QED) is 0.304. The van der Waals surface area contributed by atoms with Crippen LogP contribution in [0.2, 0.25) is 0 Å². The molecule has 0 atom stereocenters. The standard InChI is InChI=1S/C24H21NO3P.BrH/c1-27-24(26)23-17-19(28-25-23)18-29(20-11-5-2-6-12-20,21-13-7-3-8-14-21)22-15-9-4-10-16-22;/h2-17H,18H2,1H3;1H/q+1;/p-1. The van der Waals surface area contributed by atoms with Gasteiger partial charge in [-0.05, 0) is 36.4 Å². The van der Waals surface area contributed by atoms with Crippen LogP contribution < -0.4 is 32.9 Å². The molecule has 6 heteroatoms. The number of rotatable bonds is 6. The van der Waals surface area contributed by atoms with Crippen molar-refractivity contribution in [3.63, 3.8) is 0 Å². The molecule has 30 heavy (non-hydrogen) atoms. The van der Waals surface area contributed by atoms with E-state index in [0.717, 1.165) is 0 Å². The zero-order chi connectivity index (χ0) is 20.1. The van der Waals surface area contributed by atoms with Gasteiger partial charge in [-0.25, -0.2) is 4.79 Å². The highest BCUT2D eigenvalue weighted by Crippen LogP contribution is 2.58. The van der Waals surface area contributed by atoms with Gasteiger partial charge in [-0.3, -0.25) is 0 Å². The fraction of sp³-hybridized carbons (Fsp3) is 0.0833. The van der Waals surface area contributed by atoms with E-state index in [0.29, 0.717) is 11.9 Å². The molecule has 4 nitrogen and oxygen atoms in total. The van der Waals surface area contributed by atoms with E-state index in [1.807, 2.05) is 18.2 Å². The molecule has 0 amide bonds. The first-order valence-corrected chi connectivity index (χ1v) is 11.3. The lowest BCUT2D eigenvalue weighted by atomic mass is 10.3. The number of halogens is 1. The number of aromatic nitrogens is 1. The SMILES string of the molecule is COC(=O)c1cc(C[P+](c2ccccc2)(c2ccccc2)c2ccccc2)on1.[Br-]. The molecule has 0 saturated carbocycles. The maximum absolute atomic E-state index is 11.9. The van der Waals surface area contributed by atoms with E-state index in [-0.39, 0.29) is 22.7 Å². The molecule has 4 aromatic rings. The van der Waals surface area contributed by atoms with Crippen LogP contribution in [0.3, 0.4) is 0 Å². The second-order valence-corrected chi connectivity index (χ2v) is 10.1. The van der Waals surface area contributed by atoms with E-state index in [1.165, 1.54) is 23.0 Å². The van der Waals surface area contributed by atoms with Gasteiger partial charge in [-0.1, -0.05) is 59.8 Å². The average Bonchev–Trinajstić information content (AvgIpc) is 3.27. The van der Waals surface area contributed by atoms with Crippen LogP contribution in [0.25, 0.3) is 0 Å². The van der Waals surface area contributed by atoms with Crippen molar-refractivity contribution in [2.24, 2.45) is 0 Å². The monoisotopic (exact) mass is 481 g/mol. The largest absolute Gasteiger partial charge is 1.00 e. The molecule has 0 aliphatic heterocycles. The molecule has 3 aromatic carbocycles. The molecule has 0 aliphatic carbocycles. The number of carbonyl (C=O) groups excluding carboxylic acids is 1. The number of methoxy groups -OCH3 is 1. The Hall–Kier alpha value is -2.75. The Bertz CT molecular complexity index is 989. The smallest absolute Gasteiger partial charge is 0.360 e. The molecular formula is C24H21BrNO3P. The van der Waals surface area contributed by atoms with Crippen molar-refractivity contribution in [3.8, 4) is 0 Å². The predicted molar refractivity (Wildman–Crippen MR) is 117 cm³/mol. The lowest BCUT2D eigenvalue weighted by Crippen LogP contribution is -3.00. The molecular weight excluding hydrogens is 461 g/mol. The van der Waals surface area contributed by atoms with Gasteiger partial charge in [0.2, 0.25) is 0 Å². The normalized spacial score (nSPS) is 10.8. The van der Waals surface area contributed by atoms with Crippen molar-refractivity contribution in [2.75, 3.05) is 7.11 Å². The summed E-state index contributed by atoms with van der Waals surface area (Å²) in [5, 5.41) is 7.65. The number of ether oxygens (including phenoxy) is 1. The molecule has 4 rings (SSSR count). The third kappa shape index (κ3) is 4.23. The van der Waals surface area contributed by atoms with E-state index < -0.39 is 13.2 Å². The number of esters is 1. The second-order valence-electron chi connectivity index (χ2n) is 6.64. The summed E-state index contributed by atoms with van der Waals surface area (Å²) in [4.78, 5) is 11.9. The van der Waals surface area contributed by atoms with Gasteiger partial charge >= 0.3 is 5.97 Å². The molecule has 0 N–H and O–H groups in total.